The molecule has 0 saturated heterocycles. The number of nitrogen functional groups attached to an aromatic ring is 1. The number of carbonyl (C=O) groups is 1. The molecule has 17 heavy (non-hydrogen) atoms. The molecule has 0 saturated carbocycles. The smallest absolute Gasteiger partial charge is 0.350 e. The van der Waals surface area contributed by atoms with Crippen LogP contribution in [0.2, 0.25) is 0 Å². The van der Waals surface area contributed by atoms with Crippen molar-refractivity contribution < 1.29 is 9.53 Å². The summed E-state index contributed by atoms with van der Waals surface area (Å²) in [7, 11) is 1.37. The molecule has 0 radical (unpaired) electrons. The fourth-order valence-corrected chi connectivity index (χ4v) is 3.79. The number of methoxy groups -OCH3 is 1. The highest BCUT2D eigenvalue weighted by atomic mass is 32.1. The van der Waals surface area contributed by atoms with Gasteiger partial charge in [-0.2, -0.15) is 0 Å². The Labute approximate surface area is 108 Å². The van der Waals surface area contributed by atoms with Gasteiger partial charge in [0.1, 0.15) is 4.88 Å². The highest BCUT2D eigenvalue weighted by Crippen LogP contribution is 2.41. The van der Waals surface area contributed by atoms with Crippen molar-refractivity contribution in [3.63, 3.8) is 0 Å². The predicted octanol–water partition coefficient (Wildman–Crippen LogP) is 3.41. The number of esters is 1. The van der Waals surface area contributed by atoms with Crippen LogP contribution in [0.3, 0.4) is 0 Å². The van der Waals surface area contributed by atoms with Crippen molar-refractivity contribution in [2.75, 3.05) is 12.8 Å². The molecule has 2 heterocycles. The second-order valence-corrected chi connectivity index (χ2v) is 5.44. The maximum atomic E-state index is 11.6. The number of anilines is 1. The van der Waals surface area contributed by atoms with Crippen LogP contribution in [0.1, 0.15) is 22.2 Å². The van der Waals surface area contributed by atoms with Crippen molar-refractivity contribution in [3.05, 3.63) is 28.0 Å². The Hall–Kier alpha value is -1.33. The zero-order valence-electron chi connectivity index (χ0n) is 9.65. The number of nitrogens with two attached hydrogens (primary N) is 1. The van der Waals surface area contributed by atoms with Crippen molar-refractivity contribution in [3.8, 4) is 9.75 Å². The second kappa shape index (κ2) is 4.89. The highest BCUT2D eigenvalue weighted by Gasteiger charge is 2.21. The van der Waals surface area contributed by atoms with Crippen LogP contribution in [-0.4, -0.2) is 13.1 Å². The van der Waals surface area contributed by atoms with Gasteiger partial charge in [0.2, 0.25) is 0 Å². The van der Waals surface area contributed by atoms with Crippen molar-refractivity contribution in [2.45, 2.75) is 13.3 Å². The van der Waals surface area contributed by atoms with Gasteiger partial charge in [-0.15, -0.1) is 22.7 Å². The van der Waals surface area contributed by atoms with Crippen molar-refractivity contribution in [1.82, 2.24) is 0 Å². The first-order chi connectivity index (χ1) is 8.19. The van der Waals surface area contributed by atoms with E-state index in [9.17, 15) is 4.79 Å². The number of rotatable bonds is 3. The summed E-state index contributed by atoms with van der Waals surface area (Å²) in [5.74, 6) is -0.356. The van der Waals surface area contributed by atoms with E-state index in [1.165, 1.54) is 18.4 Å². The summed E-state index contributed by atoms with van der Waals surface area (Å²) in [5.41, 5.74) is 7.61. The third-order valence-electron chi connectivity index (χ3n) is 2.52. The van der Waals surface area contributed by atoms with Gasteiger partial charge in [-0.25, -0.2) is 4.79 Å². The van der Waals surface area contributed by atoms with E-state index in [1.807, 2.05) is 24.4 Å². The maximum absolute atomic E-state index is 11.6. The molecule has 0 atom stereocenters. The topological polar surface area (TPSA) is 52.3 Å². The molecule has 0 fully saturated rings. The van der Waals surface area contributed by atoms with E-state index < -0.39 is 0 Å². The molecule has 0 bridgehead atoms. The molecule has 2 aromatic heterocycles. The molecule has 5 heteroatoms. The molecule has 0 aliphatic rings. The molecule has 2 N–H and O–H groups in total. The van der Waals surface area contributed by atoms with Gasteiger partial charge in [0.05, 0.1) is 17.7 Å². The lowest BCUT2D eigenvalue weighted by molar-refractivity contribution is 0.0607. The van der Waals surface area contributed by atoms with Gasteiger partial charge in [-0.1, -0.05) is 13.0 Å². The minimum atomic E-state index is -0.356. The summed E-state index contributed by atoms with van der Waals surface area (Å²) in [6.07, 6.45) is 0.812. The first-order valence-corrected chi connectivity index (χ1v) is 6.92. The zero-order chi connectivity index (χ0) is 12.4. The van der Waals surface area contributed by atoms with E-state index in [-0.39, 0.29) is 5.97 Å². The Morgan fingerprint density at radius 1 is 1.53 bits per heavy atom. The van der Waals surface area contributed by atoms with Crippen LogP contribution >= 0.6 is 22.7 Å². The lowest BCUT2D eigenvalue weighted by Crippen LogP contribution is -2.02. The molecule has 0 aliphatic carbocycles. The number of hydrogen-bond donors (Lipinski definition) is 1. The Morgan fingerprint density at radius 2 is 2.29 bits per heavy atom. The van der Waals surface area contributed by atoms with Crippen molar-refractivity contribution in [2.24, 2.45) is 0 Å². The molecule has 90 valence electrons. The molecule has 0 unspecified atom stereocenters. The summed E-state index contributed by atoms with van der Waals surface area (Å²) >= 11 is 3.06. The third kappa shape index (κ3) is 2.08. The Balaban J connectivity index is 2.57. The van der Waals surface area contributed by atoms with Gasteiger partial charge in [-0.05, 0) is 23.4 Å². The SMILES string of the molecule is CCc1c(-c2cccs2)sc(C(=O)OC)c1N. The summed E-state index contributed by atoms with van der Waals surface area (Å²) < 4.78 is 4.74. The summed E-state index contributed by atoms with van der Waals surface area (Å²) in [4.78, 5) is 14.3. The van der Waals surface area contributed by atoms with Gasteiger partial charge >= 0.3 is 5.97 Å². The van der Waals surface area contributed by atoms with Crippen LogP contribution < -0.4 is 5.73 Å². The van der Waals surface area contributed by atoms with E-state index in [0.29, 0.717) is 10.6 Å². The average Bonchev–Trinajstić information content (AvgIpc) is 2.95. The number of hydrogen-bond acceptors (Lipinski definition) is 5. The highest BCUT2D eigenvalue weighted by molar-refractivity contribution is 7.22. The Morgan fingerprint density at radius 3 is 2.82 bits per heavy atom. The Bertz CT molecular complexity index is 529. The van der Waals surface area contributed by atoms with E-state index >= 15 is 0 Å². The summed E-state index contributed by atoms with van der Waals surface area (Å²) in [5, 5.41) is 2.02. The van der Waals surface area contributed by atoms with E-state index in [1.54, 1.807) is 11.3 Å². The van der Waals surface area contributed by atoms with Crippen LogP contribution in [0.5, 0.6) is 0 Å². The lowest BCUT2D eigenvalue weighted by atomic mass is 10.1. The quantitative estimate of drug-likeness (QED) is 0.867. The second-order valence-electron chi connectivity index (χ2n) is 3.47. The third-order valence-corrected chi connectivity index (χ3v) is 4.79. The van der Waals surface area contributed by atoms with Gasteiger partial charge in [0.25, 0.3) is 0 Å². The maximum Gasteiger partial charge on any atom is 0.350 e. The molecule has 2 aromatic rings. The van der Waals surface area contributed by atoms with Crippen LogP contribution in [0.4, 0.5) is 5.69 Å². The van der Waals surface area contributed by atoms with Crippen LogP contribution in [0, 0.1) is 0 Å². The number of ether oxygens (including phenoxy) is 1. The molecule has 3 nitrogen and oxygen atoms in total. The Kier molecular flexibility index (Phi) is 3.49. The molecule has 0 aliphatic heterocycles. The number of thiophene rings is 2. The summed E-state index contributed by atoms with van der Waals surface area (Å²) in [6, 6.07) is 4.03. The minimum absolute atomic E-state index is 0.356. The van der Waals surface area contributed by atoms with Crippen LogP contribution in [-0.2, 0) is 11.2 Å². The molecule has 2 rings (SSSR count). The van der Waals surface area contributed by atoms with E-state index in [0.717, 1.165) is 21.7 Å². The van der Waals surface area contributed by atoms with Crippen molar-refractivity contribution >= 4 is 34.3 Å². The molecule has 0 aromatic carbocycles. The summed E-state index contributed by atoms with van der Waals surface area (Å²) in [6.45, 7) is 2.04. The first kappa shape index (κ1) is 12.1. The average molecular weight is 267 g/mol. The van der Waals surface area contributed by atoms with Gasteiger partial charge in [0, 0.05) is 4.88 Å². The standard InChI is InChI=1S/C12H13NO2S2/c1-3-7-9(13)11(12(14)15-2)17-10(7)8-5-4-6-16-8/h4-6H,3,13H2,1-2H3. The van der Waals surface area contributed by atoms with Crippen LogP contribution in [0.25, 0.3) is 9.75 Å². The van der Waals surface area contributed by atoms with Gasteiger partial charge in [-0.3, -0.25) is 0 Å². The predicted molar refractivity (Wildman–Crippen MR) is 72.8 cm³/mol. The molecular formula is C12H13NO2S2. The fraction of sp³-hybridized carbons (Fsp3) is 0.250. The van der Waals surface area contributed by atoms with Gasteiger partial charge in [0.15, 0.2) is 0 Å². The zero-order valence-corrected chi connectivity index (χ0v) is 11.3. The van der Waals surface area contributed by atoms with E-state index in [4.69, 9.17) is 10.5 Å². The largest absolute Gasteiger partial charge is 0.465 e. The minimum Gasteiger partial charge on any atom is -0.465 e. The van der Waals surface area contributed by atoms with E-state index in [2.05, 4.69) is 0 Å². The van der Waals surface area contributed by atoms with Crippen LogP contribution in [0.15, 0.2) is 17.5 Å². The monoisotopic (exact) mass is 267 g/mol. The lowest BCUT2D eigenvalue weighted by Gasteiger charge is -1.99. The van der Waals surface area contributed by atoms with Crippen molar-refractivity contribution in [1.29, 1.82) is 0 Å². The molecule has 0 amide bonds. The molecular weight excluding hydrogens is 254 g/mol. The molecule has 0 spiro atoms. The van der Waals surface area contributed by atoms with Gasteiger partial charge < -0.3 is 10.5 Å². The fourth-order valence-electron chi connectivity index (χ4n) is 1.68. The number of carbonyl (C=O) groups excluding carboxylic acids is 1. The normalized spacial score (nSPS) is 10.5. The first-order valence-electron chi connectivity index (χ1n) is 5.22.